The topological polar surface area (TPSA) is 45.3 Å². The monoisotopic (exact) mass is 272 g/mol. The van der Waals surface area contributed by atoms with E-state index < -0.39 is 0 Å². The molecule has 0 aliphatic carbocycles. The van der Waals surface area contributed by atoms with Crippen molar-refractivity contribution in [2.75, 3.05) is 32.8 Å². The molecule has 20 heavy (non-hydrogen) atoms. The fourth-order valence-corrected chi connectivity index (χ4v) is 2.79. The van der Waals surface area contributed by atoms with Gasteiger partial charge >= 0.3 is 0 Å². The zero-order valence-corrected chi connectivity index (χ0v) is 11.8. The Balaban J connectivity index is 1.84. The number of ether oxygens (including phenoxy) is 1. The highest BCUT2D eigenvalue weighted by Crippen LogP contribution is 2.22. The van der Waals surface area contributed by atoms with Crippen LogP contribution in [-0.4, -0.2) is 48.5 Å². The number of carbonyl (C=O) groups is 1. The van der Waals surface area contributed by atoms with Crippen molar-refractivity contribution >= 4 is 16.7 Å². The molecule has 1 aliphatic rings. The zero-order chi connectivity index (χ0) is 13.9. The fourth-order valence-electron chi connectivity index (χ4n) is 2.79. The number of rotatable bonds is 4. The van der Waals surface area contributed by atoms with Gasteiger partial charge in [-0.05, 0) is 12.0 Å². The lowest BCUT2D eigenvalue weighted by molar-refractivity contribution is 0.0371. The molecule has 0 spiro atoms. The minimum Gasteiger partial charge on any atom is -0.379 e. The number of H-pyrrole nitrogens is 1. The molecule has 4 heteroatoms. The van der Waals surface area contributed by atoms with Crippen LogP contribution in [0.1, 0.15) is 22.8 Å². The fraction of sp³-hybridized carbons (Fsp3) is 0.438. The number of Topliss-reactive ketones (excluding diaryl/α,β-unsaturated/α-hetero) is 1. The number of para-hydroxylation sites is 1. The first-order valence-electron chi connectivity index (χ1n) is 7.22. The van der Waals surface area contributed by atoms with E-state index in [2.05, 4.69) is 22.9 Å². The number of ketones is 1. The van der Waals surface area contributed by atoms with Crippen LogP contribution in [0.3, 0.4) is 0 Å². The van der Waals surface area contributed by atoms with Gasteiger partial charge in [-0.3, -0.25) is 9.69 Å². The average Bonchev–Trinajstić information content (AvgIpc) is 2.92. The van der Waals surface area contributed by atoms with Gasteiger partial charge in [0.2, 0.25) is 0 Å². The Bertz CT molecular complexity index is 612. The molecule has 1 aliphatic heterocycles. The summed E-state index contributed by atoms with van der Waals surface area (Å²) in [4.78, 5) is 17.9. The largest absolute Gasteiger partial charge is 0.379 e. The van der Waals surface area contributed by atoms with Gasteiger partial charge < -0.3 is 9.72 Å². The molecule has 2 heterocycles. The van der Waals surface area contributed by atoms with Crippen LogP contribution in [0.2, 0.25) is 0 Å². The van der Waals surface area contributed by atoms with Crippen LogP contribution in [-0.2, 0) is 11.2 Å². The minimum absolute atomic E-state index is 0.186. The van der Waals surface area contributed by atoms with E-state index in [0.29, 0.717) is 6.54 Å². The Hall–Kier alpha value is -1.65. The lowest BCUT2D eigenvalue weighted by Crippen LogP contribution is -2.39. The Labute approximate surface area is 118 Å². The van der Waals surface area contributed by atoms with E-state index in [-0.39, 0.29) is 5.78 Å². The van der Waals surface area contributed by atoms with E-state index in [1.54, 1.807) is 0 Å². The summed E-state index contributed by atoms with van der Waals surface area (Å²) in [5.74, 6) is 0.186. The summed E-state index contributed by atoms with van der Waals surface area (Å²) in [5, 5.41) is 1.04. The highest BCUT2D eigenvalue weighted by molar-refractivity contribution is 6.09. The second kappa shape index (κ2) is 5.77. The van der Waals surface area contributed by atoms with E-state index in [0.717, 1.165) is 49.2 Å². The second-order valence-corrected chi connectivity index (χ2v) is 5.21. The maximum absolute atomic E-state index is 12.5. The lowest BCUT2D eigenvalue weighted by atomic mass is 10.0. The Kier molecular flexibility index (Phi) is 3.85. The van der Waals surface area contributed by atoms with Crippen molar-refractivity contribution in [1.82, 2.24) is 9.88 Å². The number of nitrogens with one attached hydrogen (secondary N) is 1. The first-order chi connectivity index (χ1) is 9.79. The van der Waals surface area contributed by atoms with Gasteiger partial charge in [0.05, 0.1) is 19.8 Å². The van der Waals surface area contributed by atoms with E-state index in [9.17, 15) is 4.79 Å². The van der Waals surface area contributed by atoms with Gasteiger partial charge in [0, 0.05) is 35.8 Å². The molecule has 0 amide bonds. The number of hydrogen-bond donors (Lipinski definition) is 1. The summed E-state index contributed by atoms with van der Waals surface area (Å²) in [7, 11) is 0. The molecule has 0 saturated carbocycles. The van der Waals surface area contributed by atoms with Gasteiger partial charge in [-0.25, -0.2) is 0 Å². The Morgan fingerprint density at radius 1 is 1.35 bits per heavy atom. The highest BCUT2D eigenvalue weighted by Gasteiger charge is 2.18. The summed E-state index contributed by atoms with van der Waals surface area (Å²) < 4.78 is 5.31. The van der Waals surface area contributed by atoms with Gasteiger partial charge in [-0.15, -0.1) is 0 Å². The molecule has 4 nitrogen and oxygen atoms in total. The molecule has 3 rings (SSSR count). The van der Waals surface area contributed by atoms with Crippen molar-refractivity contribution in [2.45, 2.75) is 13.3 Å². The van der Waals surface area contributed by atoms with Crippen molar-refractivity contribution in [2.24, 2.45) is 0 Å². The van der Waals surface area contributed by atoms with Crippen LogP contribution in [0.25, 0.3) is 10.9 Å². The van der Waals surface area contributed by atoms with Gasteiger partial charge in [-0.1, -0.05) is 25.1 Å². The predicted octanol–water partition coefficient (Wildman–Crippen LogP) is 2.25. The second-order valence-electron chi connectivity index (χ2n) is 5.21. The number of aromatic nitrogens is 1. The quantitative estimate of drug-likeness (QED) is 0.868. The van der Waals surface area contributed by atoms with Crippen molar-refractivity contribution in [1.29, 1.82) is 0 Å². The summed E-state index contributed by atoms with van der Waals surface area (Å²) >= 11 is 0. The maximum Gasteiger partial charge on any atom is 0.178 e. The molecule has 0 unspecified atom stereocenters. The van der Waals surface area contributed by atoms with Crippen molar-refractivity contribution < 1.29 is 9.53 Å². The van der Waals surface area contributed by atoms with Crippen LogP contribution >= 0.6 is 0 Å². The normalized spacial score (nSPS) is 16.6. The number of aromatic amines is 1. The molecular weight excluding hydrogens is 252 g/mol. The lowest BCUT2D eigenvalue weighted by Gasteiger charge is -2.25. The van der Waals surface area contributed by atoms with Crippen LogP contribution in [0.5, 0.6) is 0 Å². The zero-order valence-electron chi connectivity index (χ0n) is 11.8. The molecule has 1 aromatic carbocycles. The van der Waals surface area contributed by atoms with Crippen LogP contribution < -0.4 is 0 Å². The third-order valence-corrected chi connectivity index (χ3v) is 3.95. The number of benzene rings is 1. The standard InChI is InChI=1S/C16H20N2O2/c1-2-12-4-3-5-13-14(10-17-16(12)13)15(19)11-18-6-8-20-9-7-18/h3-5,10,17H,2,6-9,11H2,1H3. The van der Waals surface area contributed by atoms with Crippen LogP contribution in [0.15, 0.2) is 24.4 Å². The van der Waals surface area contributed by atoms with E-state index in [4.69, 9.17) is 4.74 Å². The average molecular weight is 272 g/mol. The molecule has 1 N–H and O–H groups in total. The molecule has 1 aromatic heterocycles. The van der Waals surface area contributed by atoms with Gasteiger partial charge in [0.15, 0.2) is 5.78 Å². The minimum atomic E-state index is 0.186. The first kappa shape index (κ1) is 13.3. The number of morpholine rings is 1. The molecule has 0 radical (unpaired) electrons. The van der Waals surface area contributed by atoms with Gasteiger partial charge in [-0.2, -0.15) is 0 Å². The number of hydrogen-bond acceptors (Lipinski definition) is 3. The Morgan fingerprint density at radius 2 is 2.15 bits per heavy atom. The number of fused-ring (bicyclic) bond motifs is 1. The molecule has 0 atom stereocenters. The molecule has 1 fully saturated rings. The molecule has 106 valence electrons. The molecule has 2 aromatic rings. The summed E-state index contributed by atoms with van der Waals surface area (Å²) in [6.45, 7) is 5.74. The highest BCUT2D eigenvalue weighted by atomic mass is 16.5. The van der Waals surface area contributed by atoms with Crippen molar-refractivity contribution in [3.05, 3.63) is 35.5 Å². The van der Waals surface area contributed by atoms with Crippen LogP contribution in [0, 0.1) is 0 Å². The smallest absolute Gasteiger partial charge is 0.178 e. The van der Waals surface area contributed by atoms with E-state index in [1.807, 2.05) is 18.3 Å². The third kappa shape index (κ3) is 2.49. The molecular formula is C16H20N2O2. The third-order valence-electron chi connectivity index (χ3n) is 3.95. The van der Waals surface area contributed by atoms with Gasteiger partial charge in [0.25, 0.3) is 0 Å². The SMILES string of the molecule is CCc1cccc2c(C(=O)CN3CCOCC3)c[nH]c12. The van der Waals surface area contributed by atoms with Crippen molar-refractivity contribution in [3.8, 4) is 0 Å². The summed E-state index contributed by atoms with van der Waals surface area (Å²) in [5.41, 5.74) is 3.16. The molecule has 0 bridgehead atoms. The van der Waals surface area contributed by atoms with E-state index >= 15 is 0 Å². The number of aryl methyl sites for hydroxylation is 1. The number of carbonyl (C=O) groups excluding carboxylic acids is 1. The first-order valence-corrected chi connectivity index (χ1v) is 7.22. The van der Waals surface area contributed by atoms with Crippen molar-refractivity contribution in [3.63, 3.8) is 0 Å². The molecule has 1 saturated heterocycles. The van der Waals surface area contributed by atoms with Crippen LogP contribution in [0.4, 0.5) is 0 Å². The van der Waals surface area contributed by atoms with Gasteiger partial charge in [0.1, 0.15) is 0 Å². The maximum atomic E-state index is 12.5. The summed E-state index contributed by atoms with van der Waals surface area (Å²) in [6, 6.07) is 6.16. The Morgan fingerprint density at radius 3 is 2.90 bits per heavy atom. The predicted molar refractivity (Wildman–Crippen MR) is 79.3 cm³/mol. The van der Waals surface area contributed by atoms with E-state index in [1.165, 1.54) is 5.56 Å². The number of nitrogens with zero attached hydrogens (tertiary/aromatic N) is 1. The summed E-state index contributed by atoms with van der Waals surface area (Å²) in [6.07, 6.45) is 2.82.